The number of likely N-dealkylation sites (tertiary alicyclic amines) is 1. The molecule has 1 saturated heterocycles. The molecule has 120 valence electrons. The van der Waals surface area contributed by atoms with Crippen molar-refractivity contribution in [1.82, 2.24) is 15.1 Å². The summed E-state index contributed by atoms with van der Waals surface area (Å²) in [6.45, 7) is 2.21. The van der Waals surface area contributed by atoms with E-state index < -0.39 is 0 Å². The van der Waals surface area contributed by atoms with Crippen LogP contribution in [0.2, 0.25) is 0 Å². The Labute approximate surface area is 135 Å². The van der Waals surface area contributed by atoms with Gasteiger partial charge < -0.3 is 4.74 Å². The van der Waals surface area contributed by atoms with Gasteiger partial charge >= 0.3 is 0 Å². The number of hydrogen-bond donors (Lipinski definition) is 1. The summed E-state index contributed by atoms with van der Waals surface area (Å²) in [6, 6.07) is 11.9. The first-order valence-electron chi connectivity index (χ1n) is 8.35. The maximum Gasteiger partial charge on any atom is 0.264 e. The molecule has 0 radical (unpaired) electrons. The minimum atomic E-state index is -0.189. The average Bonchev–Trinajstić information content (AvgIpc) is 2.95. The number of aromatic amines is 1. The fourth-order valence-corrected chi connectivity index (χ4v) is 3.34. The van der Waals surface area contributed by atoms with Crippen molar-refractivity contribution in [3.8, 4) is 17.0 Å². The van der Waals surface area contributed by atoms with E-state index in [2.05, 4.69) is 15.1 Å². The second-order valence-corrected chi connectivity index (χ2v) is 6.44. The van der Waals surface area contributed by atoms with E-state index in [1.807, 2.05) is 24.3 Å². The Morgan fingerprint density at radius 3 is 2.57 bits per heavy atom. The number of nitrogens with one attached hydrogen (secondary N) is 1. The van der Waals surface area contributed by atoms with Crippen molar-refractivity contribution < 1.29 is 4.74 Å². The van der Waals surface area contributed by atoms with Crippen LogP contribution < -0.4 is 10.3 Å². The molecule has 5 nitrogen and oxygen atoms in total. The molecule has 2 aliphatic rings. The lowest BCUT2D eigenvalue weighted by Gasteiger charge is -2.34. The summed E-state index contributed by atoms with van der Waals surface area (Å²) < 4.78 is 6.11. The first-order chi connectivity index (χ1) is 11.3. The SMILES string of the molecule is O=c1ccc(-c2ccc(O[C@@H]3CCN(C4CCC4)C3)cc2)n[nH]1. The molecule has 0 amide bonds. The maximum atomic E-state index is 11.1. The van der Waals surface area contributed by atoms with E-state index in [1.54, 1.807) is 6.07 Å². The van der Waals surface area contributed by atoms with Crippen molar-refractivity contribution in [2.24, 2.45) is 0 Å². The molecule has 1 aliphatic carbocycles. The third kappa shape index (κ3) is 3.15. The van der Waals surface area contributed by atoms with Gasteiger partial charge in [-0.3, -0.25) is 9.69 Å². The van der Waals surface area contributed by atoms with E-state index in [4.69, 9.17) is 4.74 Å². The van der Waals surface area contributed by atoms with Crippen LogP contribution in [0.4, 0.5) is 0 Å². The highest BCUT2D eigenvalue weighted by Crippen LogP contribution is 2.29. The second-order valence-electron chi connectivity index (χ2n) is 6.44. The molecule has 0 bridgehead atoms. The van der Waals surface area contributed by atoms with Gasteiger partial charge in [-0.1, -0.05) is 6.42 Å². The first kappa shape index (κ1) is 14.5. The lowest BCUT2D eigenvalue weighted by Crippen LogP contribution is -2.39. The lowest BCUT2D eigenvalue weighted by atomic mass is 9.92. The summed E-state index contributed by atoms with van der Waals surface area (Å²) in [5, 5.41) is 6.50. The molecule has 5 heteroatoms. The summed E-state index contributed by atoms with van der Waals surface area (Å²) in [4.78, 5) is 13.6. The summed E-state index contributed by atoms with van der Waals surface area (Å²) >= 11 is 0. The van der Waals surface area contributed by atoms with Gasteiger partial charge in [-0.2, -0.15) is 5.10 Å². The molecule has 1 atom stereocenters. The van der Waals surface area contributed by atoms with Crippen LogP contribution in [0.5, 0.6) is 5.75 Å². The molecule has 1 aliphatic heterocycles. The highest BCUT2D eigenvalue weighted by molar-refractivity contribution is 5.59. The molecule has 23 heavy (non-hydrogen) atoms. The summed E-state index contributed by atoms with van der Waals surface area (Å²) in [6.07, 6.45) is 5.50. The molecule has 1 saturated carbocycles. The van der Waals surface area contributed by atoms with Crippen LogP contribution in [0.25, 0.3) is 11.3 Å². The summed E-state index contributed by atoms with van der Waals surface area (Å²) in [5.74, 6) is 0.902. The fourth-order valence-electron chi connectivity index (χ4n) is 3.34. The van der Waals surface area contributed by atoms with Crippen molar-refractivity contribution in [1.29, 1.82) is 0 Å². The average molecular weight is 311 g/mol. The van der Waals surface area contributed by atoms with Crippen LogP contribution in [0.15, 0.2) is 41.2 Å². The lowest BCUT2D eigenvalue weighted by molar-refractivity contribution is 0.133. The molecule has 1 aromatic carbocycles. The smallest absolute Gasteiger partial charge is 0.264 e. The second kappa shape index (κ2) is 6.16. The maximum absolute atomic E-state index is 11.1. The van der Waals surface area contributed by atoms with Gasteiger partial charge in [-0.15, -0.1) is 0 Å². The fraction of sp³-hybridized carbons (Fsp3) is 0.444. The zero-order valence-electron chi connectivity index (χ0n) is 13.1. The molecular weight excluding hydrogens is 290 g/mol. The van der Waals surface area contributed by atoms with Crippen LogP contribution in [0.1, 0.15) is 25.7 Å². The molecule has 1 aromatic heterocycles. The minimum absolute atomic E-state index is 0.189. The van der Waals surface area contributed by atoms with Crippen molar-refractivity contribution >= 4 is 0 Å². The van der Waals surface area contributed by atoms with E-state index >= 15 is 0 Å². The van der Waals surface area contributed by atoms with E-state index in [0.29, 0.717) is 6.10 Å². The van der Waals surface area contributed by atoms with E-state index in [9.17, 15) is 4.79 Å². The van der Waals surface area contributed by atoms with Crippen LogP contribution in [0, 0.1) is 0 Å². The number of aromatic nitrogens is 2. The Kier molecular flexibility index (Phi) is 3.87. The Morgan fingerprint density at radius 2 is 1.91 bits per heavy atom. The summed E-state index contributed by atoms with van der Waals surface area (Å²) in [7, 11) is 0. The summed E-state index contributed by atoms with van der Waals surface area (Å²) in [5.41, 5.74) is 1.54. The molecule has 2 fully saturated rings. The van der Waals surface area contributed by atoms with Crippen molar-refractivity contribution in [2.45, 2.75) is 37.8 Å². The number of hydrogen-bond acceptors (Lipinski definition) is 4. The predicted molar refractivity (Wildman–Crippen MR) is 88.5 cm³/mol. The van der Waals surface area contributed by atoms with Crippen molar-refractivity contribution in [3.05, 3.63) is 46.8 Å². The van der Waals surface area contributed by atoms with Gasteiger partial charge in [0.15, 0.2) is 0 Å². The monoisotopic (exact) mass is 311 g/mol. The van der Waals surface area contributed by atoms with Gasteiger partial charge in [0.25, 0.3) is 5.56 Å². The number of nitrogens with zero attached hydrogens (tertiary/aromatic N) is 2. The van der Waals surface area contributed by atoms with Gasteiger partial charge in [0.05, 0.1) is 5.69 Å². The van der Waals surface area contributed by atoms with E-state index in [1.165, 1.54) is 25.3 Å². The minimum Gasteiger partial charge on any atom is -0.489 e. The highest BCUT2D eigenvalue weighted by atomic mass is 16.5. The van der Waals surface area contributed by atoms with E-state index in [0.717, 1.165) is 42.6 Å². The molecule has 1 N–H and O–H groups in total. The van der Waals surface area contributed by atoms with Gasteiger partial charge in [-0.25, -0.2) is 5.10 Å². The first-order valence-corrected chi connectivity index (χ1v) is 8.35. The number of benzene rings is 1. The largest absolute Gasteiger partial charge is 0.489 e. The van der Waals surface area contributed by atoms with Crippen LogP contribution in [-0.4, -0.2) is 40.3 Å². The standard InChI is InChI=1S/C18H21N3O2/c22-18-9-8-17(19-20-18)13-4-6-15(7-5-13)23-16-10-11-21(12-16)14-2-1-3-14/h4-9,14,16H,1-3,10-12H2,(H,20,22)/t16-/m1/s1. The van der Waals surface area contributed by atoms with E-state index in [-0.39, 0.29) is 5.56 Å². The number of rotatable bonds is 4. The molecule has 2 heterocycles. The van der Waals surface area contributed by atoms with Crippen molar-refractivity contribution in [3.63, 3.8) is 0 Å². The van der Waals surface area contributed by atoms with Crippen LogP contribution in [-0.2, 0) is 0 Å². The molecule has 0 unspecified atom stereocenters. The Bertz CT molecular complexity index is 701. The predicted octanol–water partition coefficient (Wildman–Crippen LogP) is 2.44. The normalized spacial score (nSPS) is 22.0. The zero-order chi connectivity index (χ0) is 15.6. The molecule has 2 aromatic rings. The van der Waals surface area contributed by atoms with Gasteiger partial charge in [0.2, 0.25) is 0 Å². The van der Waals surface area contributed by atoms with Crippen LogP contribution >= 0.6 is 0 Å². The highest BCUT2D eigenvalue weighted by Gasteiger charge is 2.32. The molecular formula is C18H21N3O2. The topological polar surface area (TPSA) is 58.2 Å². The Balaban J connectivity index is 1.38. The third-order valence-corrected chi connectivity index (χ3v) is 4.90. The number of ether oxygens (including phenoxy) is 1. The number of H-pyrrole nitrogens is 1. The van der Waals surface area contributed by atoms with Crippen molar-refractivity contribution in [2.75, 3.05) is 13.1 Å². The third-order valence-electron chi connectivity index (χ3n) is 4.90. The Hall–Kier alpha value is -2.14. The quantitative estimate of drug-likeness (QED) is 0.942. The van der Waals surface area contributed by atoms with Gasteiger partial charge in [0, 0.05) is 30.8 Å². The zero-order valence-corrected chi connectivity index (χ0v) is 13.1. The Morgan fingerprint density at radius 1 is 1.09 bits per heavy atom. The molecule has 4 rings (SSSR count). The molecule has 0 spiro atoms. The van der Waals surface area contributed by atoms with Crippen LogP contribution in [0.3, 0.4) is 0 Å². The van der Waals surface area contributed by atoms with Gasteiger partial charge in [0.1, 0.15) is 11.9 Å². The van der Waals surface area contributed by atoms with Gasteiger partial charge in [-0.05, 0) is 49.6 Å².